The van der Waals surface area contributed by atoms with Crippen LogP contribution in [-0.4, -0.2) is 24.5 Å². The van der Waals surface area contributed by atoms with E-state index in [0.29, 0.717) is 32.7 Å². The van der Waals surface area contributed by atoms with E-state index in [1.54, 1.807) is 50.2 Å². The maximum absolute atomic E-state index is 12.6. The molecule has 7 heteroatoms. The summed E-state index contributed by atoms with van der Waals surface area (Å²) in [7, 11) is 0. The molecule has 140 valence electrons. The molecule has 0 amide bonds. The second-order valence-electron chi connectivity index (χ2n) is 5.75. The van der Waals surface area contributed by atoms with Crippen LogP contribution in [0.5, 0.6) is 11.5 Å². The van der Waals surface area contributed by atoms with Gasteiger partial charge in [0.1, 0.15) is 11.5 Å². The predicted molar refractivity (Wildman–Crippen MR) is 103 cm³/mol. The van der Waals surface area contributed by atoms with Crippen molar-refractivity contribution in [1.29, 1.82) is 0 Å². The lowest BCUT2D eigenvalue weighted by molar-refractivity contribution is -0.150. The molecule has 0 unspecified atom stereocenters. The molecule has 2 aromatic carbocycles. The molecule has 1 heterocycles. The largest absolute Gasteiger partial charge is 0.479 e. The van der Waals surface area contributed by atoms with Gasteiger partial charge in [-0.25, -0.2) is 4.79 Å². The van der Waals surface area contributed by atoms with E-state index in [9.17, 15) is 9.59 Å². The van der Waals surface area contributed by atoms with Crippen molar-refractivity contribution in [3.63, 3.8) is 0 Å². The number of allylic oxidation sites excluding steroid dienone is 1. The molecule has 0 bridgehead atoms. The third kappa shape index (κ3) is 4.10. The molecule has 0 spiro atoms. The zero-order valence-corrected chi connectivity index (χ0v) is 16.1. The Bertz CT molecular complexity index is 916. The quantitative estimate of drug-likeness (QED) is 0.519. The third-order valence-electron chi connectivity index (χ3n) is 3.85. The van der Waals surface area contributed by atoms with Gasteiger partial charge in [0.2, 0.25) is 5.78 Å². The Labute approximate surface area is 166 Å². The van der Waals surface area contributed by atoms with Crippen molar-refractivity contribution >= 4 is 41.0 Å². The van der Waals surface area contributed by atoms with Gasteiger partial charge in [-0.1, -0.05) is 29.3 Å². The molecule has 3 rings (SSSR count). The molecule has 1 aliphatic rings. The minimum atomic E-state index is -0.781. The van der Waals surface area contributed by atoms with E-state index in [4.69, 9.17) is 37.4 Å². The Morgan fingerprint density at radius 2 is 1.93 bits per heavy atom. The van der Waals surface area contributed by atoms with Gasteiger partial charge in [-0.15, -0.1) is 0 Å². The first-order valence-corrected chi connectivity index (χ1v) is 9.02. The lowest BCUT2D eigenvalue weighted by Gasteiger charge is -2.13. The van der Waals surface area contributed by atoms with Crippen LogP contribution in [0.4, 0.5) is 0 Å². The van der Waals surface area contributed by atoms with Gasteiger partial charge in [-0.3, -0.25) is 4.79 Å². The Kier molecular flexibility index (Phi) is 5.73. The fraction of sp³-hybridized carbons (Fsp3) is 0.200. The van der Waals surface area contributed by atoms with Gasteiger partial charge in [0.15, 0.2) is 11.9 Å². The highest BCUT2D eigenvalue weighted by Gasteiger charge is 2.29. The summed E-state index contributed by atoms with van der Waals surface area (Å²) in [6.45, 7) is 3.58. The summed E-state index contributed by atoms with van der Waals surface area (Å²) in [5.74, 6) is 0.0765. The molecule has 0 aliphatic carbocycles. The summed E-state index contributed by atoms with van der Waals surface area (Å²) >= 11 is 12.3. The van der Waals surface area contributed by atoms with Crippen LogP contribution in [0.15, 0.2) is 42.2 Å². The first-order valence-electron chi connectivity index (χ1n) is 8.26. The number of hydrogen-bond acceptors (Lipinski definition) is 5. The minimum Gasteiger partial charge on any atom is -0.479 e. The number of hydrogen-bond donors (Lipinski definition) is 0. The molecule has 0 fully saturated rings. The summed E-state index contributed by atoms with van der Waals surface area (Å²) in [6, 6.07) is 9.80. The second-order valence-corrected chi connectivity index (χ2v) is 6.56. The molecule has 0 saturated heterocycles. The van der Waals surface area contributed by atoms with Gasteiger partial charge in [-0.2, -0.15) is 0 Å². The Balaban J connectivity index is 1.83. The van der Waals surface area contributed by atoms with Crippen LogP contribution in [0.3, 0.4) is 0 Å². The maximum Gasteiger partial charge on any atom is 0.347 e. The van der Waals surface area contributed by atoms with Crippen molar-refractivity contribution in [3.8, 4) is 11.5 Å². The highest BCUT2D eigenvalue weighted by atomic mass is 35.5. The molecule has 0 radical (unpaired) electrons. The zero-order chi connectivity index (χ0) is 19.6. The van der Waals surface area contributed by atoms with Crippen molar-refractivity contribution in [3.05, 3.63) is 63.3 Å². The number of ether oxygens (including phenoxy) is 3. The fourth-order valence-electron chi connectivity index (χ4n) is 2.53. The third-order valence-corrected chi connectivity index (χ3v) is 4.51. The van der Waals surface area contributed by atoms with Crippen molar-refractivity contribution in [1.82, 2.24) is 0 Å². The van der Waals surface area contributed by atoms with Crippen LogP contribution in [0, 0.1) is 0 Å². The summed E-state index contributed by atoms with van der Waals surface area (Å²) in [4.78, 5) is 24.2. The number of carbonyl (C=O) groups excluding carboxylic acids is 2. The number of halogens is 2. The molecule has 0 saturated carbocycles. The van der Waals surface area contributed by atoms with E-state index in [2.05, 4.69) is 0 Å². The topological polar surface area (TPSA) is 61.8 Å². The summed E-state index contributed by atoms with van der Waals surface area (Å²) in [5.41, 5.74) is 0.893. The summed E-state index contributed by atoms with van der Waals surface area (Å²) < 4.78 is 16.1. The number of esters is 1. The van der Waals surface area contributed by atoms with Gasteiger partial charge >= 0.3 is 5.97 Å². The van der Waals surface area contributed by atoms with Crippen LogP contribution in [-0.2, 0) is 9.53 Å². The number of carbonyl (C=O) groups is 2. The van der Waals surface area contributed by atoms with E-state index >= 15 is 0 Å². The number of Topliss-reactive ketones (excluding diaryl/α,β-unsaturated/α-hetero) is 1. The van der Waals surface area contributed by atoms with E-state index in [0.717, 1.165) is 0 Å². The van der Waals surface area contributed by atoms with Crippen LogP contribution in [0.1, 0.15) is 29.8 Å². The first kappa shape index (κ1) is 19.3. The molecule has 0 N–H and O–H groups in total. The molecule has 0 aromatic heterocycles. The van der Waals surface area contributed by atoms with Gasteiger partial charge in [-0.05, 0) is 44.2 Å². The smallest absolute Gasteiger partial charge is 0.347 e. The standard InChI is InChI=1S/C20H16Cl2O5/c1-3-25-20(24)11(2)26-12-7-8-13-17(9-12)27-18(19(13)23)10-14-15(21)5-4-6-16(14)22/h4-11H,3H2,1-2H3/b18-10+/t11-/m1/s1. The molecule has 2 aromatic rings. The van der Waals surface area contributed by atoms with Gasteiger partial charge < -0.3 is 14.2 Å². The highest BCUT2D eigenvalue weighted by Crippen LogP contribution is 2.36. The monoisotopic (exact) mass is 406 g/mol. The molecule has 1 atom stereocenters. The lowest BCUT2D eigenvalue weighted by Crippen LogP contribution is -2.26. The fourth-order valence-corrected chi connectivity index (χ4v) is 3.04. The lowest BCUT2D eigenvalue weighted by atomic mass is 10.1. The van der Waals surface area contributed by atoms with Gasteiger partial charge in [0, 0.05) is 21.7 Å². The SMILES string of the molecule is CCOC(=O)[C@@H](C)Oc1ccc2c(c1)O/C(=C/c1c(Cl)cccc1Cl)C2=O. The number of fused-ring (bicyclic) bond motifs is 1. The van der Waals surface area contributed by atoms with Gasteiger partial charge in [0.05, 0.1) is 12.2 Å². The minimum absolute atomic E-state index is 0.107. The Hall–Kier alpha value is -2.50. The van der Waals surface area contributed by atoms with Gasteiger partial charge in [0.25, 0.3) is 0 Å². The number of benzene rings is 2. The maximum atomic E-state index is 12.6. The van der Waals surface area contributed by atoms with Crippen molar-refractivity contribution in [2.24, 2.45) is 0 Å². The normalized spacial score (nSPS) is 15.3. The predicted octanol–water partition coefficient (Wildman–Crippen LogP) is 4.94. The first-order chi connectivity index (χ1) is 12.9. The van der Waals surface area contributed by atoms with E-state index in [1.165, 1.54) is 6.08 Å². The van der Waals surface area contributed by atoms with Crippen LogP contribution in [0.25, 0.3) is 6.08 Å². The average Bonchev–Trinajstić information content (AvgIpc) is 2.93. The summed E-state index contributed by atoms with van der Waals surface area (Å²) in [5, 5.41) is 0.823. The van der Waals surface area contributed by atoms with Crippen LogP contribution in [0.2, 0.25) is 10.0 Å². The van der Waals surface area contributed by atoms with E-state index < -0.39 is 12.1 Å². The number of ketones is 1. The second kappa shape index (κ2) is 8.03. The molecular formula is C20H16Cl2O5. The molecular weight excluding hydrogens is 391 g/mol. The average molecular weight is 407 g/mol. The molecule has 27 heavy (non-hydrogen) atoms. The molecule has 1 aliphatic heterocycles. The van der Waals surface area contributed by atoms with Crippen molar-refractivity contribution in [2.45, 2.75) is 20.0 Å². The Morgan fingerprint density at radius 3 is 2.59 bits per heavy atom. The van der Waals surface area contributed by atoms with E-state index in [1.807, 2.05) is 0 Å². The van der Waals surface area contributed by atoms with Crippen molar-refractivity contribution < 1.29 is 23.8 Å². The number of rotatable bonds is 5. The highest BCUT2D eigenvalue weighted by molar-refractivity contribution is 6.37. The van der Waals surface area contributed by atoms with Crippen LogP contribution >= 0.6 is 23.2 Å². The summed E-state index contributed by atoms with van der Waals surface area (Å²) in [6.07, 6.45) is 0.728. The Morgan fingerprint density at radius 1 is 1.22 bits per heavy atom. The van der Waals surface area contributed by atoms with E-state index in [-0.39, 0.29) is 18.1 Å². The zero-order valence-electron chi connectivity index (χ0n) is 14.6. The molecule has 5 nitrogen and oxygen atoms in total. The van der Waals surface area contributed by atoms with Crippen molar-refractivity contribution in [2.75, 3.05) is 6.61 Å². The van der Waals surface area contributed by atoms with Crippen LogP contribution < -0.4 is 9.47 Å².